The molecular weight excluding hydrogens is 138 g/mol. The number of hydrogen-bond donors (Lipinski definition) is 2. The van der Waals surface area contributed by atoms with Crippen molar-refractivity contribution >= 4 is 5.96 Å². The summed E-state index contributed by atoms with van der Waals surface area (Å²) in [7, 11) is 1.70. The van der Waals surface area contributed by atoms with E-state index in [1.807, 2.05) is 0 Å². The minimum absolute atomic E-state index is 0.481. The lowest BCUT2D eigenvalue weighted by Gasteiger charge is -2.38. The van der Waals surface area contributed by atoms with Crippen LogP contribution < -0.4 is 11.1 Å². The molecule has 1 rings (SSSR count). The fourth-order valence-electron chi connectivity index (χ4n) is 1.34. The number of rotatable bonds is 2. The first-order valence-corrected chi connectivity index (χ1v) is 4.12. The van der Waals surface area contributed by atoms with Gasteiger partial charge in [-0.3, -0.25) is 4.99 Å². The average molecular weight is 155 g/mol. The summed E-state index contributed by atoms with van der Waals surface area (Å²) in [5.74, 6) is 0.554. The van der Waals surface area contributed by atoms with Crippen molar-refractivity contribution in [3.8, 4) is 0 Å². The van der Waals surface area contributed by atoms with Gasteiger partial charge in [0.1, 0.15) is 0 Å². The Hall–Kier alpha value is -0.730. The molecule has 0 atom stereocenters. The zero-order valence-electron chi connectivity index (χ0n) is 7.35. The van der Waals surface area contributed by atoms with Gasteiger partial charge < -0.3 is 11.1 Å². The van der Waals surface area contributed by atoms with E-state index in [0.717, 1.165) is 6.54 Å². The van der Waals surface area contributed by atoms with E-state index in [9.17, 15) is 0 Å². The smallest absolute Gasteiger partial charge is 0.188 e. The van der Waals surface area contributed by atoms with Crippen molar-refractivity contribution in [2.45, 2.75) is 26.2 Å². The molecule has 1 fully saturated rings. The number of nitrogens with zero attached hydrogens (tertiary/aromatic N) is 1. The van der Waals surface area contributed by atoms with Crippen LogP contribution in [0.2, 0.25) is 0 Å². The van der Waals surface area contributed by atoms with E-state index >= 15 is 0 Å². The Bertz CT molecular complexity index is 159. The van der Waals surface area contributed by atoms with Crippen LogP contribution in [0, 0.1) is 5.41 Å². The van der Waals surface area contributed by atoms with Gasteiger partial charge in [0.2, 0.25) is 0 Å². The second kappa shape index (κ2) is 3.11. The van der Waals surface area contributed by atoms with Crippen molar-refractivity contribution in [1.29, 1.82) is 0 Å². The maximum Gasteiger partial charge on any atom is 0.188 e. The van der Waals surface area contributed by atoms with Gasteiger partial charge in [-0.2, -0.15) is 0 Å². The normalized spacial score (nSPS) is 22.5. The highest BCUT2D eigenvalue weighted by atomic mass is 15.1. The van der Waals surface area contributed by atoms with E-state index in [0.29, 0.717) is 11.4 Å². The monoisotopic (exact) mass is 155 g/mol. The molecule has 1 aliphatic carbocycles. The lowest BCUT2D eigenvalue weighted by molar-refractivity contribution is 0.165. The molecule has 0 aromatic carbocycles. The van der Waals surface area contributed by atoms with Crippen LogP contribution in [0.5, 0.6) is 0 Å². The summed E-state index contributed by atoms with van der Waals surface area (Å²) in [4.78, 5) is 3.83. The number of aliphatic imine (C=N–C) groups is 1. The van der Waals surface area contributed by atoms with Crippen LogP contribution in [-0.2, 0) is 0 Å². The molecule has 0 aromatic heterocycles. The first-order valence-electron chi connectivity index (χ1n) is 4.12. The van der Waals surface area contributed by atoms with Gasteiger partial charge in [-0.15, -0.1) is 0 Å². The molecular formula is C8H17N3. The Labute approximate surface area is 68.1 Å². The molecule has 0 heterocycles. The van der Waals surface area contributed by atoms with Gasteiger partial charge in [-0.1, -0.05) is 13.3 Å². The van der Waals surface area contributed by atoms with Crippen molar-refractivity contribution in [1.82, 2.24) is 5.32 Å². The Morgan fingerprint density at radius 1 is 1.64 bits per heavy atom. The number of nitrogens with one attached hydrogen (secondary N) is 1. The number of guanidine groups is 1. The third kappa shape index (κ3) is 2.10. The van der Waals surface area contributed by atoms with E-state index in [-0.39, 0.29) is 0 Å². The second-order valence-electron chi connectivity index (χ2n) is 3.63. The summed E-state index contributed by atoms with van der Waals surface area (Å²) in [6.45, 7) is 3.25. The molecule has 3 N–H and O–H groups in total. The Balaban J connectivity index is 2.21. The summed E-state index contributed by atoms with van der Waals surface area (Å²) in [5, 5.41) is 3.10. The zero-order valence-corrected chi connectivity index (χ0v) is 7.35. The fraction of sp³-hybridized carbons (Fsp3) is 0.875. The van der Waals surface area contributed by atoms with E-state index in [4.69, 9.17) is 5.73 Å². The van der Waals surface area contributed by atoms with Crippen LogP contribution in [0.3, 0.4) is 0 Å². The van der Waals surface area contributed by atoms with Crippen LogP contribution in [-0.4, -0.2) is 19.6 Å². The topological polar surface area (TPSA) is 50.4 Å². The molecule has 3 heteroatoms. The van der Waals surface area contributed by atoms with E-state index in [2.05, 4.69) is 17.2 Å². The maximum atomic E-state index is 5.50. The molecule has 0 unspecified atom stereocenters. The molecule has 0 aliphatic heterocycles. The van der Waals surface area contributed by atoms with Crippen molar-refractivity contribution < 1.29 is 0 Å². The summed E-state index contributed by atoms with van der Waals surface area (Å²) < 4.78 is 0. The maximum absolute atomic E-state index is 5.50. The highest BCUT2D eigenvalue weighted by Gasteiger charge is 2.31. The first kappa shape index (κ1) is 8.37. The molecule has 0 radical (unpaired) electrons. The average Bonchev–Trinajstić information content (AvgIpc) is 1.96. The molecule has 0 spiro atoms. The van der Waals surface area contributed by atoms with Gasteiger partial charge in [-0.05, 0) is 18.3 Å². The van der Waals surface area contributed by atoms with E-state index in [1.54, 1.807) is 7.05 Å². The quantitative estimate of drug-likeness (QED) is 0.456. The van der Waals surface area contributed by atoms with Gasteiger partial charge in [0, 0.05) is 13.6 Å². The zero-order chi connectivity index (χ0) is 8.32. The molecule has 1 aliphatic rings. The first-order chi connectivity index (χ1) is 5.16. The van der Waals surface area contributed by atoms with Gasteiger partial charge in [0.05, 0.1) is 0 Å². The summed E-state index contributed by atoms with van der Waals surface area (Å²) in [6.07, 6.45) is 4.00. The molecule has 0 saturated heterocycles. The molecule has 1 saturated carbocycles. The Kier molecular flexibility index (Phi) is 2.37. The van der Waals surface area contributed by atoms with Gasteiger partial charge in [-0.25, -0.2) is 0 Å². The molecule has 11 heavy (non-hydrogen) atoms. The van der Waals surface area contributed by atoms with Crippen LogP contribution in [0.15, 0.2) is 4.99 Å². The van der Waals surface area contributed by atoms with Crippen molar-refractivity contribution in [2.75, 3.05) is 13.6 Å². The van der Waals surface area contributed by atoms with Crippen molar-refractivity contribution in [3.05, 3.63) is 0 Å². The summed E-state index contributed by atoms with van der Waals surface area (Å²) in [5.41, 5.74) is 5.98. The van der Waals surface area contributed by atoms with Crippen LogP contribution >= 0.6 is 0 Å². The minimum Gasteiger partial charge on any atom is -0.370 e. The lowest BCUT2D eigenvalue weighted by Crippen LogP contribution is -2.42. The standard InChI is InChI=1S/C8H17N3/c1-8(4-3-5-8)6-11-7(9)10-2/h3-6H2,1-2H3,(H3,9,10,11). The number of nitrogens with two attached hydrogens (primary N) is 1. The highest BCUT2D eigenvalue weighted by Crippen LogP contribution is 2.39. The van der Waals surface area contributed by atoms with Crippen molar-refractivity contribution in [3.63, 3.8) is 0 Å². The second-order valence-corrected chi connectivity index (χ2v) is 3.63. The van der Waals surface area contributed by atoms with Gasteiger partial charge in [0.15, 0.2) is 5.96 Å². The molecule has 0 bridgehead atoms. The van der Waals surface area contributed by atoms with Gasteiger partial charge in [0.25, 0.3) is 0 Å². The fourth-order valence-corrected chi connectivity index (χ4v) is 1.34. The molecule has 0 amide bonds. The third-order valence-corrected chi connectivity index (χ3v) is 2.50. The highest BCUT2D eigenvalue weighted by molar-refractivity contribution is 5.77. The predicted octanol–water partition coefficient (Wildman–Crippen LogP) is 0.711. The van der Waals surface area contributed by atoms with Crippen LogP contribution in [0.1, 0.15) is 26.2 Å². The molecule has 64 valence electrons. The minimum atomic E-state index is 0.481. The van der Waals surface area contributed by atoms with Crippen LogP contribution in [0.4, 0.5) is 0 Å². The summed E-state index contributed by atoms with van der Waals surface area (Å²) in [6, 6.07) is 0. The molecule has 3 nitrogen and oxygen atoms in total. The Morgan fingerprint density at radius 2 is 2.27 bits per heavy atom. The largest absolute Gasteiger partial charge is 0.370 e. The van der Waals surface area contributed by atoms with Crippen molar-refractivity contribution in [2.24, 2.45) is 16.1 Å². The number of hydrogen-bond acceptors (Lipinski definition) is 1. The summed E-state index contributed by atoms with van der Waals surface area (Å²) >= 11 is 0. The van der Waals surface area contributed by atoms with Gasteiger partial charge >= 0.3 is 0 Å². The predicted molar refractivity (Wildman–Crippen MR) is 47.5 cm³/mol. The SMILES string of the molecule is CN=C(N)NCC1(C)CCC1. The molecule has 0 aromatic rings. The Morgan fingerprint density at radius 3 is 2.64 bits per heavy atom. The third-order valence-electron chi connectivity index (χ3n) is 2.50. The van der Waals surface area contributed by atoms with E-state index in [1.165, 1.54) is 19.3 Å². The van der Waals surface area contributed by atoms with Crippen LogP contribution in [0.25, 0.3) is 0 Å². The van der Waals surface area contributed by atoms with E-state index < -0.39 is 0 Å². The lowest BCUT2D eigenvalue weighted by atomic mass is 9.70.